The summed E-state index contributed by atoms with van der Waals surface area (Å²) in [6.07, 6.45) is 0.844. The minimum atomic E-state index is 0.167. The van der Waals surface area contributed by atoms with Crippen LogP contribution in [0.25, 0.3) is 0 Å². The summed E-state index contributed by atoms with van der Waals surface area (Å²) in [5, 5.41) is 5.10. The van der Waals surface area contributed by atoms with E-state index >= 15 is 0 Å². The summed E-state index contributed by atoms with van der Waals surface area (Å²) in [5.41, 5.74) is 9.94. The van der Waals surface area contributed by atoms with Crippen molar-refractivity contribution in [1.82, 2.24) is 5.43 Å². The Morgan fingerprint density at radius 3 is 2.47 bits per heavy atom. The van der Waals surface area contributed by atoms with E-state index < -0.39 is 0 Å². The highest BCUT2D eigenvalue weighted by Crippen LogP contribution is 2.14. The maximum atomic E-state index is 5.85. The molecular weight excluding hydrogens is 254 g/mol. The van der Waals surface area contributed by atoms with Crippen molar-refractivity contribution in [2.45, 2.75) is 20.3 Å². The van der Waals surface area contributed by atoms with Crippen LogP contribution in [-0.2, 0) is 0 Å². The molecular formula is C12H16ClN3S. The zero-order chi connectivity index (χ0) is 12.8. The molecule has 0 unspecified atom stereocenters. The van der Waals surface area contributed by atoms with Gasteiger partial charge in [-0.05, 0) is 42.3 Å². The molecule has 0 saturated carbocycles. The number of hydrogen-bond donors (Lipinski definition) is 2. The lowest BCUT2D eigenvalue weighted by atomic mass is 10.0. The number of hydrogen-bond acceptors (Lipinski definition) is 2. The second kappa shape index (κ2) is 6.57. The fourth-order valence-electron chi connectivity index (χ4n) is 1.38. The highest BCUT2D eigenvalue weighted by molar-refractivity contribution is 7.80. The number of nitrogens with two attached hydrogens (primary N) is 1. The van der Waals surface area contributed by atoms with E-state index in [1.165, 1.54) is 0 Å². The van der Waals surface area contributed by atoms with Gasteiger partial charge in [-0.1, -0.05) is 37.6 Å². The lowest BCUT2D eigenvalue weighted by molar-refractivity contribution is 0.681. The molecule has 3 N–H and O–H groups in total. The van der Waals surface area contributed by atoms with Gasteiger partial charge in [0, 0.05) is 5.02 Å². The number of nitrogens with zero attached hydrogens (tertiary/aromatic N) is 1. The van der Waals surface area contributed by atoms with Crippen LogP contribution in [0, 0.1) is 5.92 Å². The number of halogens is 1. The van der Waals surface area contributed by atoms with Crippen molar-refractivity contribution < 1.29 is 0 Å². The third-order valence-electron chi connectivity index (χ3n) is 2.08. The van der Waals surface area contributed by atoms with Gasteiger partial charge in [0.1, 0.15) is 0 Å². The van der Waals surface area contributed by atoms with Crippen LogP contribution in [-0.4, -0.2) is 10.8 Å². The first-order valence-corrected chi connectivity index (χ1v) is 6.15. The quantitative estimate of drug-likeness (QED) is 0.502. The topological polar surface area (TPSA) is 50.4 Å². The second-order valence-corrected chi connectivity index (χ2v) is 5.02. The molecule has 0 aliphatic heterocycles. The van der Waals surface area contributed by atoms with Crippen molar-refractivity contribution in [3.63, 3.8) is 0 Å². The highest BCUT2D eigenvalue weighted by Gasteiger charge is 2.06. The molecule has 0 heterocycles. The van der Waals surface area contributed by atoms with Crippen LogP contribution in [0.4, 0.5) is 0 Å². The maximum absolute atomic E-state index is 5.85. The lowest BCUT2D eigenvalue weighted by Gasteiger charge is -2.10. The number of nitrogens with one attached hydrogen (secondary N) is 1. The minimum absolute atomic E-state index is 0.167. The monoisotopic (exact) mass is 269 g/mol. The van der Waals surface area contributed by atoms with E-state index in [2.05, 4.69) is 24.4 Å². The summed E-state index contributed by atoms with van der Waals surface area (Å²) < 4.78 is 0. The summed E-state index contributed by atoms with van der Waals surface area (Å²) in [7, 11) is 0. The Bertz CT molecular complexity index is 412. The SMILES string of the molecule is CC(C)CC(=NNC(N)=S)c1ccc(Cl)cc1. The third kappa shape index (κ3) is 5.15. The van der Waals surface area contributed by atoms with Crippen LogP contribution in [0.1, 0.15) is 25.8 Å². The lowest BCUT2D eigenvalue weighted by Crippen LogP contribution is -2.26. The largest absolute Gasteiger partial charge is 0.375 e. The van der Waals surface area contributed by atoms with E-state index in [0.29, 0.717) is 10.9 Å². The second-order valence-electron chi connectivity index (χ2n) is 4.14. The molecule has 17 heavy (non-hydrogen) atoms. The summed E-state index contributed by atoms with van der Waals surface area (Å²) in [6, 6.07) is 7.55. The number of benzene rings is 1. The van der Waals surface area contributed by atoms with Crippen molar-refractivity contribution in [3.8, 4) is 0 Å². The van der Waals surface area contributed by atoms with Gasteiger partial charge in [-0.25, -0.2) is 0 Å². The molecule has 3 nitrogen and oxygen atoms in total. The molecule has 0 bridgehead atoms. The van der Waals surface area contributed by atoms with Gasteiger partial charge in [-0.3, -0.25) is 5.43 Å². The van der Waals surface area contributed by atoms with Gasteiger partial charge in [0.2, 0.25) is 0 Å². The van der Waals surface area contributed by atoms with E-state index in [1.54, 1.807) is 0 Å². The number of thiocarbonyl (C=S) groups is 1. The fraction of sp³-hybridized carbons (Fsp3) is 0.333. The smallest absolute Gasteiger partial charge is 0.184 e. The summed E-state index contributed by atoms with van der Waals surface area (Å²) in [4.78, 5) is 0. The fourth-order valence-corrected chi connectivity index (χ4v) is 1.55. The minimum Gasteiger partial charge on any atom is -0.375 e. The van der Waals surface area contributed by atoms with E-state index in [9.17, 15) is 0 Å². The van der Waals surface area contributed by atoms with Crippen molar-refractivity contribution in [3.05, 3.63) is 34.9 Å². The third-order valence-corrected chi connectivity index (χ3v) is 2.42. The molecule has 1 aromatic carbocycles. The van der Waals surface area contributed by atoms with Crippen LogP contribution in [0.2, 0.25) is 5.02 Å². The first-order chi connectivity index (χ1) is 7.99. The molecule has 0 saturated heterocycles. The number of hydrazone groups is 1. The Balaban J connectivity index is 2.93. The van der Waals surface area contributed by atoms with Gasteiger partial charge >= 0.3 is 0 Å². The zero-order valence-electron chi connectivity index (χ0n) is 9.90. The van der Waals surface area contributed by atoms with Gasteiger partial charge in [-0.2, -0.15) is 5.10 Å². The Kier molecular flexibility index (Phi) is 5.38. The Labute approximate surface area is 112 Å². The van der Waals surface area contributed by atoms with Crippen molar-refractivity contribution >= 4 is 34.6 Å². The van der Waals surface area contributed by atoms with Crippen LogP contribution >= 0.6 is 23.8 Å². The molecule has 5 heteroatoms. The van der Waals surface area contributed by atoms with Gasteiger partial charge in [0.05, 0.1) is 5.71 Å². The molecule has 0 radical (unpaired) electrons. The van der Waals surface area contributed by atoms with Gasteiger partial charge in [0.25, 0.3) is 0 Å². The van der Waals surface area contributed by atoms with Crippen LogP contribution in [0.3, 0.4) is 0 Å². The van der Waals surface area contributed by atoms with Crippen LogP contribution in [0.15, 0.2) is 29.4 Å². The number of rotatable bonds is 4. The average Bonchev–Trinajstić information content (AvgIpc) is 2.25. The molecule has 1 aromatic rings. The van der Waals surface area contributed by atoms with E-state index in [0.717, 1.165) is 17.7 Å². The highest BCUT2D eigenvalue weighted by atomic mass is 35.5. The first kappa shape index (κ1) is 13.9. The van der Waals surface area contributed by atoms with E-state index in [4.69, 9.17) is 29.6 Å². The molecule has 0 fully saturated rings. The van der Waals surface area contributed by atoms with E-state index in [1.807, 2.05) is 24.3 Å². The normalized spacial score (nSPS) is 11.6. The molecule has 0 spiro atoms. The molecule has 92 valence electrons. The van der Waals surface area contributed by atoms with Crippen molar-refractivity contribution in [1.29, 1.82) is 0 Å². The zero-order valence-corrected chi connectivity index (χ0v) is 11.5. The predicted molar refractivity (Wildman–Crippen MR) is 77.4 cm³/mol. The molecule has 0 aliphatic carbocycles. The molecule has 0 aliphatic rings. The first-order valence-electron chi connectivity index (χ1n) is 5.37. The summed E-state index contributed by atoms with van der Waals surface area (Å²) in [5.74, 6) is 0.498. The molecule has 0 aromatic heterocycles. The summed E-state index contributed by atoms with van der Waals surface area (Å²) >= 11 is 10.6. The average molecular weight is 270 g/mol. The van der Waals surface area contributed by atoms with Gasteiger partial charge in [-0.15, -0.1) is 0 Å². The molecule has 0 amide bonds. The summed E-state index contributed by atoms with van der Waals surface area (Å²) in [6.45, 7) is 4.26. The van der Waals surface area contributed by atoms with E-state index in [-0.39, 0.29) is 5.11 Å². The Hall–Kier alpha value is -1.13. The van der Waals surface area contributed by atoms with Gasteiger partial charge < -0.3 is 5.73 Å². The Morgan fingerprint density at radius 2 is 2.00 bits per heavy atom. The van der Waals surface area contributed by atoms with Crippen LogP contribution < -0.4 is 11.2 Å². The Morgan fingerprint density at radius 1 is 1.41 bits per heavy atom. The van der Waals surface area contributed by atoms with Crippen molar-refractivity contribution in [2.24, 2.45) is 16.8 Å². The predicted octanol–water partition coefficient (Wildman–Crippen LogP) is 2.92. The standard InChI is InChI=1S/C12H16ClN3S/c1-8(2)7-11(15-16-12(14)17)9-3-5-10(13)6-4-9/h3-6,8H,7H2,1-2H3,(H3,14,16,17). The maximum Gasteiger partial charge on any atom is 0.184 e. The molecule has 1 rings (SSSR count). The molecule has 0 atom stereocenters. The van der Waals surface area contributed by atoms with Crippen molar-refractivity contribution in [2.75, 3.05) is 0 Å². The van der Waals surface area contributed by atoms with Crippen LogP contribution in [0.5, 0.6) is 0 Å². The van der Waals surface area contributed by atoms with Gasteiger partial charge in [0.15, 0.2) is 5.11 Å².